The SMILES string of the molecule is CCc1cc(Br)cc(CC)c1NC(=O)C1CCCN(S(=O)(=O)c2cc(C)ccc2OC)C1. The molecule has 174 valence electrons. The Labute approximate surface area is 199 Å². The number of nitrogens with one attached hydrogen (secondary N) is 1. The molecule has 32 heavy (non-hydrogen) atoms. The third kappa shape index (κ3) is 5.18. The molecular weight excluding hydrogens is 492 g/mol. The van der Waals surface area contributed by atoms with E-state index in [4.69, 9.17) is 4.74 Å². The van der Waals surface area contributed by atoms with Gasteiger partial charge in [0, 0.05) is 23.2 Å². The Bertz CT molecular complexity index is 1080. The number of amides is 1. The average Bonchev–Trinajstić information content (AvgIpc) is 2.79. The molecule has 1 aliphatic rings. The van der Waals surface area contributed by atoms with Gasteiger partial charge in [-0.2, -0.15) is 4.31 Å². The fourth-order valence-electron chi connectivity index (χ4n) is 4.17. The van der Waals surface area contributed by atoms with Crippen molar-refractivity contribution >= 4 is 37.5 Å². The molecule has 1 unspecified atom stereocenters. The first kappa shape index (κ1) is 24.7. The summed E-state index contributed by atoms with van der Waals surface area (Å²) in [6.07, 6.45) is 2.87. The summed E-state index contributed by atoms with van der Waals surface area (Å²) in [6.45, 7) is 6.51. The van der Waals surface area contributed by atoms with Crippen LogP contribution in [0.25, 0.3) is 0 Å². The van der Waals surface area contributed by atoms with Crippen LogP contribution in [0.3, 0.4) is 0 Å². The van der Waals surface area contributed by atoms with E-state index >= 15 is 0 Å². The standard InChI is InChI=1S/C24H31BrN2O4S/c1-5-17-13-20(25)14-18(6-2)23(17)26-24(28)19-8-7-11-27(15-19)32(29,30)22-12-16(3)9-10-21(22)31-4/h9-10,12-14,19H,5-8,11,15H2,1-4H3,(H,26,28). The lowest BCUT2D eigenvalue weighted by Crippen LogP contribution is -2.43. The molecule has 2 aromatic carbocycles. The van der Waals surface area contributed by atoms with Crippen LogP contribution >= 0.6 is 15.9 Å². The third-order valence-corrected chi connectivity index (χ3v) is 8.31. The predicted molar refractivity (Wildman–Crippen MR) is 131 cm³/mol. The quantitative estimate of drug-likeness (QED) is 0.559. The maximum Gasteiger partial charge on any atom is 0.246 e. The number of carbonyl (C=O) groups excluding carboxylic acids is 1. The molecule has 0 spiro atoms. The number of rotatable bonds is 7. The maximum absolute atomic E-state index is 13.4. The van der Waals surface area contributed by atoms with Gasteiger partial charge in [0.2, 0.25) is 15.9 Å². The zero-order chi connectivity index (χ0) is 23.5. The van der Waals surface area contributed by atoms with Gasteiger partial charge in [-0.3, -0.25) is 4.79 Å². The molecule has 3 rings (SSSR count). The van der Waals surface area contributed by atoms with Crippen molar-refractivity contribution in [1.29, 1.82) is 0 Å². The summed E-state index contributed by atoms with van der Waals surface area (Å²) in [6, 6.07) is 9.16. The van der Waals surface area contributed by atoms with Crippen molar-refractivity contribution in [1.82, 2.24) is 4.31 Å². The molecular formula is C24H31BrN2O4S. The number of carbonyl (C=O) groups is 1. The number of nitrogens with zero attached hydrogens (tertiary/aromatic N) is 1. The van der Waals surface area contributed by atoms with E-state index in [2.05, 4.69) is 35.1 Å². The van der Waals surface area contributed by atoms with Crippen LogP contribution in [0.4, 0.5) is 5.69 Å². The summed E-state index contributed by atoms with van der Waals surface area (Å²) in [7, 11) is -2.31. The number of hydrogen-bond donors (Lipinski definition) is 1. The number of anilines is 1. The molecule has 1 aliphatic heterocycles. The lowest BCUT2D eigenvalue weighted by molar-refractivity contribution is -0.120. The van der Waals surface area contributed by atoms with Crippen molar-refractivity contribution in [2.24, 2.45) is 5.92 Å². The number of halogens is 1. The van der Waals surface area contributed by atoms with E-state index in [1.807, 2.05) is 25.1 Å². The lowest BCUT2D eigenvalue weighted by atomic mass is 9.97. The Kier molecular flexibility index (Phi) is 8.01. The molecule has 1 saturated heterocycles. The smallest absolute Gasteiger partial charge is 0.246 e. The second kappa shape index (κ2) is 10.4. The second-order valence-electron chi connectivity index (χ2n) is 8.15. The Hall–Kier alpha value is -1.90. The summed E-state index contributed by atoms with van der Waals surface area (Å²) in [5.74, 6) is -0.225. The molecule has 0 bridgehead atoms. The van der Waals surface area contributed by atoms with Crippen molar-refractivity contribution < 1.29 is 17.9 Å². The summed E-state index contributed by atoms with van der Waals surface area (Å²) in [5, 5.41) is 3.12. The molecule has 8 heteroatoms. The van der Waals surface area contributed by atoms with Gasteiger partial charge < -0.3 is 10.1 Å². The number of ether oxygens (including phenoxy) is 1. The highest BCUT2D eigenvalue weighted by atomic mass is 79.9. The first-order valence-electron chi connectivity index (χ1n) is 11.0. The minimum atomic E-state index is -3.78. The maximum atomic E-state index is 13.4. The summed E-state index contributed by atoms with van der Waals surface area (Å²) < 4.78 is 34.5. The van der Waals surface area contributed by atoms with Crippen LogP contribution in [-0.2, 0) is 27.7 Å². The van der Waals surface area contributed by atoms with Crippen molar-refractivity contribution in [2.75, 3.05) is 25.5 Å². The molecule has 1 N–H and O–H groups in total. The molecule has 6 nitrogen and oxygen atoms in total. The van der Waals surface area contributed by atoms with Crippen LogP contribution in [0.15, 0.2) is 39.7 Å². The number of sulfonamides is 1. The highest BCUT2D eigenvalue weighted by Crippen LogP contribution is 2.32. The molecule has 0 aliphatic carbocycles. The highest BCUT2D eigenvalue weighted by Gasteiger charge is 2.35. The Morgan fingerprint density at radius 1 is 1.19 bits per heavy atom. The largest absolute Gasteiger partial charge is 0.495 e. The van der Waals surface area contributed by atoms with Gasteiger partial charge in [-0.05, 0) is 73.6 Å². The van der Waals surface area contributed by atoms with Crippen LogP contribution in [0.5, 0.6) is 5.75 Å². The molecule has 1 amide bonds. The van der Waals surface area contributed by atoms with Gasteiger partial charge in [-0.1, -0.05) is 35.8 Å². The van der Waals surface area contributed by atoms with E-state index < -0.39 is 15.9 Å². The Balaban J connectivity index is 1.84. The van der Waals surface area contributed by atoms with Crippen LogP contribution < -0.4 is 10.1 Å². The molecule has 0 saturated carbocycles. The van der Waals surface area contributed by atoms with Crippen LogP contribution in [0.2, 0.25) is 0 Å². The minimum absolute atomic E-state index is 0.132. The Morgan fingerprint density at radius 3 is 2.44 bits per heavy atom. The molecule has 1 atom stereocenters. The van der Waals surface area contributed by atoms with Crippen LogP contribution in [0.1, 0.15) is 43.4 Å². The van der Waals surface area contributed by atoms with E-state index in [-0.39, 0.29) is 17.3 Å². The van der Waals surface area contributed by atoms with Gasteiger partial charge in [0.1, 0.15) is 10.6 Å². The molecule has 1 fully saturated rings. The van der Waals surface area contributed by atoms with Gasteiger partial charge in [0.15, 0.2) is 0 Å². The Morgan fingerprint density at radius 2 is 1.84 bits per heavy atom. The fraction of sp³-hybridized carbons (Fsp3) is 0.458. The van der Waals surface area contributed by atoms with E-state index in [0.717, 1.165) is 39.7 Å². The van der Waals surface area contributed by atoms with E-state index in [1.54, 1.807) is 12.1 Å². The fourth-order valence-corrected chi connectivity index (χ4v) is 6.48. The summed E-state index contributed by atoms with van der Waals surface area (Å²) >= 11 is 3.54. The van der Waals surface area contributed by atoms with Gasteiger partial charge in [-0.25, -0.2) is 8.42 Å². The second-order valence-corrected chi connectivity index (χ2v) is 11.0. The molecule has 0 radical (unpaired) electrons. The number of methoxy groups -OCH3 is 1. The zero-order valence-corrected chi connectivity index (χ0v) is 21.5. The van der Waals surface area contributed by atoms with Crippen molar-refractivity contribution in [3.63, 3.8) is 0 Å². The number of piperidine rings is 1. The van der Waals surface area contributed by atoms with Crippen LogP contribution in [-0.4, -0.2) is 38.8 Å². The van der Waals surface area contributed by atoms with Crippen molar-refractivity contribution in [3.05, 3.63) is 51.5 Å². The molecule has 2 aromatic rings. The molecule has 0 aromatic heterocycles. The summed E-state index contributed by atoms with van der Waals surface area (Å²) in [5.41, 5.74) is 3.82. The first-order chi connectivity index (χ1) is 15.2. The number of aryl methyl sites for hydroxylation is 3. The normalized spacial score (nSPS) is 17.2. The number of benzene rings is 2. The predicted octanol–water partition coefficient (Wildman–Crippen LogP) is 4.93. The van der Waals surface area contributed by atoms with Crippen LogP contribution in [0, 0.1) is 12.8 Å². The highest BCUT2D eigenvalue weighted by molar-refractivity contribution is 9.10. The third-order valence-electron chi connectivity index (χ3n) is 5.97. The van der Waals surface area contributed by atoms with Gasteiger partial charge in [0.05, 0.1) is 13.0 Å². The van der Waals surface area contributed by atoms with E-state index in [1.165, 1.54) is 11.4 Å². The minimum Gasteiger partial charge on any atom is -0.495 e. The van der Waals surface area contributed by atoms with E-state index in [9.17, 15) is 13.2 Å². The lowest BCUT2D eigenvalue weighted by Gasteiger charge is -2.32. The first-order valence-corrected chi connectivity index (χ1v) is 13.2. The van der Waals surface area contributed by atoms with E-state index in [0.29, 0.717) is 25.1 Å². The topological polar surface area (TPSA) is 75.7 Å². The van der Waals surface area contributed by atoms with Crippen molar-refractivity contribution in [2.45, 2.75) is 51.3 Å². The molecule has 1 heterocycles. The van der Waals surface area contributed by atoms with Crippen molar-refractivity contribution in [3.8, 4) is 5.75 Å². The van der Waals surface area contributed by atoms with Gasteiger partial charge >= 0.3 is 0 Å². The number of hydrogen-bond acceptors (Lipinski definition) is 4. The van der Waals surface area contributed by atoms with Gasteiger partial charge in [-0.15, -0.1) is 0 Å². The zero-order valence-electron chi connectivity index (χ0n) is 19.1. The monoisotopic (exact) mass is 522 g/mol. The summed E-state index contributed by atoms with van der Waals surface area (Å²) in [4.78, 5) is 13.4. The average molecular weight is 523 g/mol. The van der Waals surface area contributed by atoms with Gasteiger partial charge in [0.25, 0.3) is 0 Å².